The Morgan fingerprint density at radius 1 is 1.27 bits per heavy atom. The number of benzene rings is 2. The number of nitrogens with one attached hydrogen (secondary N) is 1. The van der Waals surface area contributed by atoms with Gasteiger partial charge in [0.25, 0.3) is 5.91 Å². The first kappa shape index (κ1) is 23.1. The van der Waals surface area contributed by atoms with Crippen LogP contribution in [0.15, 0.2) is 52.0 Å². The van der Waals surface area contributed by atoms with Gasteiger partial charge in [0.1, 0.15) is 0 Å². The number of amides is 1. The van der Waals surface area contributed by atoms with Gasteiger partial charge in [0.15, 0.2) is 23.9 Å². The van der Waals surface area contributed by atoms with Gasteiger partial charge in [-0.05, 0) is 48.1 Å². The normalized spacial score (nSPS) is 13.9. The summed E-state index contributed by atoms with van der Waals surface area (Å²) in [7, 11) is 1.55. The van der Waals surface area contributed by atoms with Crippen molar-refractivity contribution in [1.29, 1.82) is 0 Å². The molecule has 1 aliphatic heterocycles. The van der Waals surface area contributed by atoms with E-state index in [4.69, 9.17) is 26.4 Å². The number of hydrogen-bond acceptors (Lipinski definition) is 7. The van der Waals surface area contributed by atoms with Crippen LogP contribution in [0.2, 0.25) is 0 Å². The second kappa shape index (κ2) is 10.7. The van der Waals surface area contributed by atoms with Gasteiger partial charge in [-0.15, -0.1) is 0 Å². The Morgan fingerprint density at radius 3 is 2.82 bits per heavy atom. The van der Waals surface area contributed by atoms with Gasteiger partial charge in [0.05, 0.1) is 26.5 Å². The highest BCUT2D eigenvalue weighted by Crippen LogP contribution is 2.28. The Balaban J connectivity index is 1.50. The van der Waals surface area contributed by atoms with E-state index in [1.165, 1.54) is 0 Å². The second-order valence-corrected chi connectivity index (χ2v) is 8.32. The Bertz CT molecular complexity index is 1220. The first-order valence-corrected chi connectivity index (χ1v) is 11.4. The Morgan fingerprint density at radius 2 is 2.06 bits per heavy atom. The molecule has 0 spiro atoms. The second-order valence-electron chi connectivity index (χ2n) is 7.08. The predicted octanol–water partition coefficient (Wildman–Crippen LogP) is 3.50. The topological polar surface area (TPSA) is 94.0 Å². The molecule has 2 heterocycles. The highest BCUT2D eigenvalue weighted by molar-refractivity contribution is 9.10. The quantitative estimate of drug-likeness (QED) is 0.370. The molecule has 1 N–H and O–H groups in total. The van der Waals surface area contributed by atoms with Gasteiger partial charge < -0.3 is 19.1 Å². The molecule has 3 aromatic rings. The number of carbonyl (C=O) groups excluding carboxylic acids is 1. The van der Waals surface area contributed by atoms with Crippen LogP contribution in [-0.4, -0.2) is 71.9 Å². The van der Waals surface area contributed by atoms with Gasteiger partial charge in [-0.1, -0.05) is 28.1 Å². The largest absolute Gasteiger partial charge is 0.493 e. The van der Waals surface area contributed by atoms with E-state index in [1.54, 1.807) is 35.0 Å². The molecular formula is C22H22BrN5O4S. The fourth-order valence-corrected chi connectivity index (χ4v) is 3.91. The summed E-state index contributed by atoms with van der Waals surface area (Å²) in [5.41, 5.74) is 1.62. The molecule has 1 aliphatic rings. The number of halogens is 1. The maximum atomic E-state index is 12.3. The van der Waals surface area contributed by atoms with Crippen LogP contribution in [0.25, 0.3) is 11.4 Å². The van der Waals surface area contributed by atoms with E-state index in [1.807, 2.05) is 30.3 Å². The lowest BCUT2D eigenvalue weighted by molar-refractivity contribution is -0.137. The molecule has 11 heteroatoms. The standard InChI is InChI=1S/C22H22BrN5O4S/c1-30-19-12-15(6-7-18(19)32-14-20(29)27-8-10-31-11-9-27)13-24-28-21(25-26-22(28)33)16-4-2-3-5-17(16)23/h2-7,12-13H,8-11,14H2,1H3,(H,26,33). The predicted molar refractivity (Wildman–Crippen MR) is 129 cm³/mol. The Hall–Kier alpha value is -3.02. The number of hydrogen-bond donors (Lipinski definition) is 1. The number of ether oxygens (including phenoxy) is 3. The maximum Gasteiger partial charge on any atom is 0.260 e. The van der Waals surface area contributed by atoms with E-state index in [-0.39, 0.29) is 12.5 Å². The number of H-pyrrole nitrogens is 1. The fraction of sp³-hybridized carbons (Fsp3) is 0.273. The highest BCUT2D eigenvalue weighted by Gasteiger charge is 2.18. The number of rotatable bonds is 7. The molecule has 4 rings (SSSR count). The van der Waals surface area contributed by atoms with E-state index >= 15 is 0 Å². The monoisotopic (exact) mass is 531 g/mol. The number of methoxy groups -OCH3 is 1. The van der Waals surface area contributed by atoms with Crippen LogP contribution >= 0.6 is 28.1 Å². The van der Waals surface area contributed by atoms with Crippen LogP contribution in [0.4, 0.5) is 0 Å². The molecule has 2 aromatic carbocycles. The lowest BCUT2D eigenvalue weighted by atomic mass is 10.2. The summed E-state index contributed by atoms with van der Waals surface area (Å²) in [5.74, 6) is 1.47. The summed E-state index contributed by atoms with van der Waals surface area (Å²) in [4.78, 5) is 14.1. The summed E-state index contributed by atoms with van der Waals surface area (Å²) in [5, 5.41) is 11.6. The summed E-state index contributed by atoms with van der Waals surface area (Å²) in [6.45, 7) is 2.18. The van der Waals surface area contributed by atoms with Crippen molar-refractivity contribution in [1.82, 2.24) is 19.8 Å². The van der Waals surface area contributed by atoms with Crippen LogP contribution in [0, 0.1) is 4.77 Å². The van der Waals surface area contributed by atoms with Crippen molar-refractivity contribution in [3.8, 4) is 22.9 Å². The van der Waals surface area contributed by atoms with Crippen molar-refractivity contribution in [2.24, 2.45) is 5.10 Å². The fourth-order valence-electron chi connectivity index (χ4n) is 3.27. The third-order valence-corrected chi connectivity index (χ3v) is 5.95. The van der Waals surface area contributed by atoms with Gasteiger partial charge in [-0.2, -0.15) is 14.9 Å². The SMILES string of the molecule is COc1cc(C=Nn2c(-c3ccccc3Br)n[nH]c2=S)ccc1OCC(=O)N1CCOCC1. The van der Waals surface area contributed by atoms with Gasteiger partial charge in [-0.3, -0.25) is 4.79 Å². The summed E-state index contributed by atoms with van der Waals surface area (Å²) in [6.07, 6.45) is 1.65. The van der Waals surface area contributed by atoms with Crippen LogP contribution in [-0.2, 0) is 9.53 Å². The van der Waals surface area contributed by atoms with Crippen molar-refractivity contribution >= 4 is 40.3 Å². The van der Waals surface area contributed by atoms with Crippen LogP contribution in [0.5, 0.6) is 11.5 Å². The molecule has 1 aromatic heterocycles. The first-order chi connectivity index (χ1) is 16.1. The minimum absolute atomic E-state index is 0.0662. The molecule has 33 heavy (non-hydrogen) atoms. The van der Waals surface area contributed by atoms with Crippen LogP contribution < -0.4 is 9.47 Å². The molecule has 0 atom stereocenters. The molecule has 0 aliphatic carbocycles. The molecule has 0 unspecified atom stereocenters. The molecule has 1 amide bonds. The van der Waals surface area contributed by atoms with E-state index in [0.717, 1.165) is 15.6 Å². The minimum Gasteiger partial charge on any atom is -0.493 e. The van der Waals surface area contributed by atoms with E-state index in [9.17, 15) is 4.79 Å². The smallest absolute Gasteiger partial charge is 0.260 e. The summed E-state index contributed by atoms with van der Waals surface area (Å²) in [6, 6.07) is 13.0. The number of aromatic amines is 1. The molecule has 0 bridgehead atoms. The van der Waals surface area contributed by atoms with Crippen molar-refractivity contribution in [3.05, 3.63) is 57.3 Å². The average molecular weight is 532 g/mol. The summed E-state index contributed by atoms with van der Waals surface area (Å²) >= 11 is 8.87. The third kappa shape index (κ3) is 5.49. The molecule has 1 fully saturated rings. The number of aromatic nitrogens is 3. The number of morpholine rings is 1. The van der Waals surface area contributed by atoms with E-state index in [0.29, 0.717) is 48.4 Å². The summed E-state index contributed by atoms with van der Waals surface area (Å²) < 4.78 is 19.2. The first-order valence-electron chi connectivity index (χ1n) is 10.2. The Kier molecular flexibility index (Phi) is 7.53. The lowest BCUT2D eigenvalue weighted by Crippen LogP contribution is -2.43. The third-order valence-electron chi connectivity index (χ3n) is 4.99. The average Bonchev–Trinajstić information content (AvgIpc) is 3.22. The molecular weight excluding hydrogens is 510 g/mol. The van der Waals surface area contributed by atoms with Gasteiger partial charge >= 0.3 is 0 Å². The van der Waals surface area contributed by atoms with Crippen LogP contribution in [0.3, 0.4) is 0 Å². The zero-order chi connectivity index (χ0) is 23.2. The van der Waals surface area contributed by atoms with Crippen LogP contribution in [0.1, 0.15) is 5.56 Å². The lowest BCUT2D eigenvalue weighted by Gasteiger charge is -2.26. The molecule has 1 saturated heterocycles. The van der Waals surface area contributed by atoms with E-state index < -0.39 is 0 Å². The van der Waals surface area contributed by atoms with Gasteiger partial charge in [-0.25, -0.2) is 5.10 Å². The Labute approximate surface area is 204 Å². The van der Waals surface area contributed by atoms with E-state index in [2.05, 4.69) is 31.2 Å². The molecule has 0 radical (unpaired) electrons. The molecule has 172 valence electrons. The van der Waals surface area contributed by atoms with Crippen molar-refractivity contribution in [3.63, 3.8) is 0 Å². The highest BCUT2D eigenvalue weighted by atomic mass is 79.9. The van der Waals surface area contributed by atoms with Crippen molar-refractivity contribution in [2.75, 3.05) is 40.0 Å². The number of carbonyl (C=O) groups is 1. The van der Waals surface area contributed by atoms with Crippen molar-refractivity contribution in [2.45, 2.75) is 0 Å². The zero-order valence-electron chi connectivity index (χ0n) is 17.9. The maximum absolute atomic E-state index is 12.3. The zero-order valence-corrected chi connectivity index (χ0v) is 20.3. The minimum atomic E-state index is -0.0834. The molecule has 9 nitrogen and oxygen atoms in total. The van der Waals surface area contributed by atoms with Crippen molar-refractivity contribution < 1.29 is 19.0 Å². The van der Waals surface area contributed by atoms with Gasteiger partial charge in [0.2, 0.25) is 4.77 Å². The molecule has 0 saturated carbocycles. The number of nitrogens with zero attached hydrogens (tertiary/aromatic N) is 4. The van der Waals surface area contributed by atoms with Gasteiger partial charge in [0, 0.05) is 23.1 Å².